The second-order valence-corrected chi connectivity index (χ2v) is 9.83. The Balaban J connectivity index is 0.00000363. The Morgan fingerprint density at radius 2 is 1.85 bits per heavy atom. The number of likely N-dealkylation sites (tertiary alicyclic amines) is 1. The number of pyridine rings is 1. The number of nitrogens with zero attached hydrogens (tertiary/aromatic N) is 2. The summed E-state index contributed by atoms with van der Waals surface area (Å²) in [5.41, 5.74) is 9.52. The molecule has 3 N–H and O–H groups in total. The van der Waals surface area contributed by atoms with Gasteiger partial charge in [-0.05, 0) is 80.0 Å². The highest BCUT2D eigenvalue weighted by Gasteiger charge is 2.32. The minimum absolute atomic E-state index is 0.213. The average Bonchev–Trinajstić information content (AvgIpc) is 3.01. The molecular weight excluding hydrogens is 496 g/mol. The molecule has 1 amide bonds. The quantitative estimate of drug-likeness (QED) is 0.167. The first kappa shape index (κ1) is 37.3. The molecule has 1 aromatic heterocycles. The molecule has 2 heterocycles. The number of rotatable bonds is 16. The topological polar surface area (TPSA) is 88.3 Å². The van der Waals surface area contributed by atoms with E-state index >= 15 is 0 Å². The van der Waals surface area contributed by atoms with Crippen molar-refractivity contribution >= 4 is 18.0 Å². The van der Waals surface area contributed by atoms with Crippen molar-refractivity contribution in [1.29, 1.82) is 0 Å². The van der Waals surface area contributed by atoms with Crippen LogP contribution < -0.4 is 11.1 Å². The fraction of sp³-hybridized carbons (Fsp3) is 0.618. The van der Waals surface area contributed by atoms with E-state index in [-0.39, 0.29) is 17.7 Å². The average molecular weight is 555 g/mol. The number of carbonyl (C=O) groups is 2. The molecule has 1 aromatic rings. The molecule has 0 saturated carbocycles. The van der Waals surface area contributed by atoms with Crippen molar-refractivity contribution in [3.05, 3.63) is 60.3 Å². The third-order valence-corrected chi connectivity index (χ3v) is 7.48. The lowest BCUT2D eigenvalue weighted by molar-refractivity contribution is -0.133. The van der Waals surface area contributed by atoms with Crippen molar-refractivity contribution in [2.24, 2.45) is 23.5 Å². The molecule has 1 aliphatic rings. The lowest BCUT2D eigenvalue weighted by Crippen LogP contribution is -2.42. The number of anilines is 1. The Hall–Kier alpha value is -2.73. The van der Waals surface area contributed by atoms with Gasteiger partial charge in [-0.1, -0.05) is 78.5 Å². The van der Waals surface area contributed by atoms with E-state index in [1.165, 1.54) is 5.56 Å². The Bertz CT molecular complexity index is 888. The zero-order chi connectivity index (χ0) is 30.3. The van der Waals surface area contributed by atoms with Gasteiger partial charge in [-0.25, -0.2) is 4.98 Å². The van der Waals surface area contributed by atoms with Gasteiger partial charge in [0.1, 0.15) is 12.1 Å². The van der Waals surface area contributed by atoms with E-state index in [9.17, 15) is 9.59 Å². The van der Waals surface area contributed by atoms with Crippen LogP contribution in [0.1, 0.15) is 90.8 Å². The third kappa shape index (κ3) is 12.6. The molecule has 0 aliphatic carbocycles. The van der Waals surface area contributed by atoms with Crippen LogP contribution in [0, 0.1) is 17.8 Å². The maximum absolute atomic E-state index is 12.9. The molecule has 2 unspecified atom stereocenters. The highest BCUT2D eigenvalue weighted by Crippen LogP contribution is 2.35. The fourth-order valence-corrected chi connectivity index (χ4v) is 5.47. The minimum atomic E-state index is 0.213. The lowest BCUT2D eigenvalue weighted by Gasteiger charge is -2.39. The molecule has 0 bridgehead atoms. The number of piperidine rings is 1. The van der Waals surface area contributed by atoms with Crippen LogP contribution in [0.5, 0.6) is 0 Å². The number of nitrogens with one attached hydrogen (secondary N) is 1. The first-order valence-corrected chi connectivity index (χ1v) is 15.5. The molecule has 1 fully saturated rings. The summed E-state index contributed by atoms with van der Waals surface area (Å²) in [6.45, 7) is 19.9. The largest absolute Gasteiger partial charge is 0.373 e. The van der Waals surface area contributed by atoms with Crippen molar-refractivity contribution in [3.63, 3.8) is 0 Å². The van der Waals surface area contributed by atoms with Crippen LogP contribution >= 0.6 is 0 Å². The number of aromatic nitrogens is 1. The second kappa shape index (κ2) is 23.0. The number of hydrogen-bond donors (Lipinski definition) is 2. The van der Waals surface area contributed by atoms with Gasteiger partial charge in [0.2, 0.25) is 5.91 Å². The summed E-state index contributed by atoms with van der Waals surface area (Å²) in [4.78, 5) is 31.1. The molecule has 2 atom stereocenters. The third-order valence-electron chi connectivity index (χ3n) is 7.48. The maximum Gasteiger partial charge on any atom is 0.222 e. The molecule has 6 nitrogen and oxygen atoms in total. The highest BCUT2D eigenvalue weighted by atomic mass is 16.2. The van der Waals surface area contributed by atoms with Crippen molar-refractivity contribution < 1.29 is 9.59 Å². The SMILES string of the molecule is C=C/C=C(\C=C)CC(CN)C(CC=O)C1CCN(C(=O)CCCc2ccc(CCC)c(NC)n2)CC1.CC.CC. The van der Waals surface area contributed by atoms with Gasteiger partial charge < -0.3 is 20.7 Å². The van der Waals surface area contributed by atoms with Crippen molar-refractivity contribution in [2.75, 3.05) is 32.0 Å². The summed E-state index contributed by atoms with van der Waals surface area (Å²) < 4.78 is 0. The number of allylic oxidation sites excluding steroid dienone is 4. The van der Waals surface area contributed by atoms with Crippen LogP contribution in [0.4, 0.5) is 5.82 Å². The molecular formula is C34H58N4O2. The molecule has 1 aliphatic heterocycles. The molecule has 0 radical (unpaired) electrons. The van der Waals surface area contributed by atoms with Crippen molar-refractivity contribution in [3.8, 4) is 0 Å². The number of nitrogens with two attached hydrogens (primary N) is 1. The molecule has 0 spiro atoms. The molecule has 6 heteroatoms. The Labute approximate surface area is 245 Å². The first-order chi connectivity index (χ1) is 19.5. The zero-order valence-corrected chi connectivity index (χ0v) is 26.4. The summed E-state index contributed by atoms with van der Waals surface area (Å²) in [7, 11) is 1.91. The van der Waals surface area contributed by atoms with E-state index in [0.29, 0.717) is 25.3 Å². The van der Waals surface area contributed by atoms with Crippen LogP contribution in [0.2, 0.25) is 0 Å². The zero-order valence-electron chi connectivity index (χ0n) is 26.4. The van der Waals surface area contributed by atoms with E-state index < -0.39 is 0 Å². The molecule has 2 rings (SSSR count). The number of hydrogen-bond acceptors (Lipinski definition) is 5. The number of aldehydes is 1. The maximum atomic E-state index is 12.9. The van der Waals surface area contributed by atoms with Crippen molar-refractivity contribution in [2.45, 2.75) is 92.4 Å². The van der Waals surface area contributed by atoms with Gasteiger partial charge in [0, 0.05) is 38.7 Å². The summed E-state index contributed by atoms with van der Waals surface area (Å²) >= 11 is 0. The predicted molar refractivity (Wildman–Crippen MR) is 173 cm³/mol. The van der Waals surface area contributed by atoms with E-state index in [1.807, 2.05) is 51.8 Å². The van der Waals surface area contributed by atoms with E-state index in [2.05, 4.69) is 37.5 Å². The predicted octanol–water partition coefficient (Wildman–Crippen LogP) is 7.16. The monoisotopic (exact) mass is 554 g/mol. The Morgan fingerprint density at radius 3 is 2.38 bits per heavy atom. The van der Waals surface area contributed by atoms with Gasteiger partial charge in [-0.2, -0.15) is 0 Å². The van der Waals surface area contributed by atoms with E-state index in [4.69, 9.17) is 10.7 Å². The number of amides is 1. The minimum Gasteiger partial charge on any atom is -0.373 e. The molecule has 226 valence electrons. The van der Waals surface area contributed by atoms with Gasteiger partial charge >= 0.3 is 0 Å². The van der Waals surface area contributed by atoms with Gasteiger partial charge in [0.25, 0.3) is 0 Å². The van der Waals surface area contributed by atoms with Crippen LogP contribution in [0.25, 0.3) is 0 Å². The summed E-state index contributed by atoms with van der Waals surface area (Å²) in [5.74, 6) is 2.00. The number of carbonyl (C=O) groups excluding carboxylic acids is 2. The van der Waals surface area contributed by atoms with E-state index in [0.717, 1.165) is 81.4 Å². The smallest absolute Gasteiger partial charge is 0.222 e. The molecule has 1 saturated heterocycles. The van der Waals surface area contributed by atoms with Crippen LogP contribution in [-0.2, 0) is 22.4 Å². The second-order valence-electron chi connectivity index (χ2n) is 9.83. The van der Waals surface area contributed by atoms with Crippen LogP contribution in [0.15, 0.2) is 49.1 Å². The Morgan fingerprint density at radius 1 is 1.18 bits per heavy atom. The summed E-state index contributed by atoms with van der Waals surface area (Å²) in [5, 5.41) is 3.20. The normalized spacial score (nSPS) is 15.0. The van der Waals surface area contributed by atoms with Gasteiger partial charge in [-0.3, -0.25) is 4.79 Å². The molecule has 40 heavy (non-hydrogen) atoms. The fourth-order valence-electron chi connectivity index (χ4n) is 5.47. The summed E-state index contributed by atoms with van der Waals surface area (Å²) in [6.07, 6.45) is 14.0. The number of aryl methyl sites for hydroxylation is 2. The van der Waals surface area contributed by atoms with Gasteiger partial charge in [0.05, 0.1) is 0 Å². The first-order valence-electron chi connectivity index (χ1n) is 15.5. The van der Waals surface area contributed by atoms with Crippen LogP contribution in [0.3, 0.4) is 0 Å². The summed E-state index contributed by atoms with van der Waals surface area (Å²) in [6, 6.07) is 4.24. The van der Waals surface area contributed by atoms with E-state index in [1.54, 1.807) is 6.08 Å². The van der Waals surface area contributed by atoms with Gasteiger partial charge in [0.15, 0.2) is 0 Å². The lowest BCUT2D eigenvalue weighted by atomic mass is 9.73. The standard InChI is InChI=1S/C30H46N4O2.2C2H6/c1-5-9-23(7-3)21-26(22-31)28(17-20-35)24-15-18-34(19-16-24)29(36)12-8-11-27-14-13-25(10-6-2)30(32-4)33-27;2*1-2/h5,7,9,13-14,20,24,26,28H,1,3,6,8,10-12,15-19,21-22,31H2,2,4H3,(H,32,33);2*1-2H3/b23-9+;;. The van der Waals surface area contributed by atoms with Crippen molar-refractivity contribution in [1.82, 2.24) is 9.88 Å². The molecule has 0 aromatic carbocycles. The van der Waals surface area contributed by atoms with Gasteiger partial charge in [-0.15, -0.1) is 0 Å². The van der Waals surface area contributed by atoms with Crippen LogP contribution in [-0.4, -0.2) is 48.8 Å². The Kier molecular flexibility index (Phi) is 21.5. The highest BCUT2D eigenvalue weighted by molar-refractivity contribution is 5.76.